The van der Waals surface area contributed by atoms with Gasteiger partial charge in [-0.2, -0.15) is 0 Å². The molecule has 1 aromatic heterocycles. The number of amides is 1. The summed E-state index contributed by atoms with van der Waals surface area (Å²) in [5, 5.41) is 3.85. The molecule has 2 aliphatic rings. The van der Waals surface area contributed by atoms with Crippen LogP contribution in [0.3, 0.4) is 0 Å². The van der Waals surface area contributed by atoms with Crippen LogP contribution in [0.1, 0.15) is 40.6 Å². The van der Waals surface area contributed by atoms with Gasteiger partial charge in [-0.05, 0) is 43.4 Å². The van der Waals surface area contributed by atoms with Crippen molar-refractivity contribution in [2.75, 3.05) is 19.6 Å². The molecule has 138 valence electrons. The monoisotopic (exact) mass is 358 g/mol. The second-order valence-electron chi connectivity index (χ2n) is 7.19. The molecule has 0 radical (unpaired) electrons. The molecule has 1 aromatic carbocycles. The number of hydrogen-bond acceptors (Lipinski definition) is 5. The number of hydrogen-bond donors (Lipinski definition) is 2. The van der Waals surface area contributed by atoms with Gasteiger partial charge in [0.1, 0.15) is 11.6 Å². The van der Waals surface area contributed by atoms with Crippen molar-refractivity contribution in [2.45, 2.75) is 31.7 Å². The molecule has 3 unspecified atom stereocenters. The Morgan fingerprint density at radius 1 is 1.35 bits per heavy atom. The summed E-state index contributed by atoms with van der Waals surface area (Å²) < 4.78 is 18.3. The van der Waals surface area contributed by atoms with Gasteiger partial charge >= 0.3 is 0 Å². The smallest absolute Gasteiger partial charge is 0.276 e. The Balaban J connectivity index is 1.48. The summed E-state index contributed by atoms with van der Waals surface area (Å²) in [6.45, 7) is 4.00. The molecule has 4 rings (SSSR count). The lowest BCUT2D eigenvalue weighted by Crippen LogP contribution is -2.48. The van der Waals surface area contributed by atoms with Crippen LogP contribution in [-0.2, 0) is 0 Å². The van der Waals surface area contributed by atoms with Crippen molar-refractivity contribution in [1.82, 2.24) is 20.9 Å². The molecule has 2 fully saturated rings. The van der Waals surface area contributed by atoms with E-state index in [9.17, 15) is 9.18 Å². The number of hydrazine groups is 1. The number of carbonyl (C=O) groups is 1. The Morgan fingerprint density at radius 3 is 2.88 bits per heavy atom. The number of likely N-dealkylation sites (tertiary alicyclic amines) is 1. The molecule has 0 aliphatic carbocycles. The number of halogens is 1. The lowest BCUT2D eigenvalue weighted by atomic mass is 9.81. The molecule has 2 saturated heterocycles. The zero-order valence-electron chi connectivity index (χ0n) is 14.7. The molecule has 6 nitrogen and oxygen atoms in total. The summed E-state index contributed by atoms with van der Waals surface area (Å²) in [5.74, 6) is 0.924. The van der Waals surface area contributed by atoms with E-state index in [-0.39, 0.29) is 23.7 Å². The minimum Gasteiger partial charge on any atom is -0.361 e. The van der Waals surface area contributed by atoms with Gasteiger partial charge in [-0.25, -0.2) is 4.39 Å². The van der Waals surface area contributed by atoms with Crippen LogP contribution in [-0.4, -0.2) is 41.6 Å². The summed E-state index contributed by atoms with van der Waals surface area (Å²) in [5.41, 5.74) is 8.10. The number of nitrogens with one attached hydrogen (secondary N) is 2. The molecule has 7 heteroatoms. The van der Waals surface area contributed by atoms with Crippen molar-refractivity contribution in [2.24, 2.45) is 5.92 Å². The van der Waals surface area contributed by atoms with E-state index in [4.69, 9.17) is 4.52 Å². The van der Waals surface area contributed by atoms with E-state index in [0.29, 0.717) is 23.9 Å². The first kappa shape index (κ1) is 17.2. The highest BCUT2D eigenvalue weighted by molar-refractivity contribution is 5.92. The van der Waals surface area contributed by atoms with Crippen LogP contribution in [0.15, 0.2) is 34.9 Å². The first-order valence-corrected chi connectivity index (χ1v) is 9.08. The fraction of sp³-hybridized carbons (Fsp3) is 0.474. The van der Waals surface area contributed by atoms with E-state index in [1.165, 1.54) is 12.1 Å². The Kier molecular flexibility index (Phi) is 4.74. The number of benzene rings is 1. The van der Waals surface area contributed by atoms with Crippen LogP contribution in [0.25, 0.3) is 0 Å². The van der Waals surface area contributed by atoms with Gasteiger partial charge in [0.15, 0.2) is 5.69 Å². The molecular weight excluding hydrogens is 335 g/mol. The van der Waals surface area contributed by atoms with E-state index < -0.39 is 0 Å². The summed E-state index contributed by atoms with van der Waals surface area (Å²) in [7, 11) is 0. The fourth-order valence-corrected chi connectivity index (χ4v) is 4.11. The predicted octanol–water partition coefficient (Wildman–Crippen LogP) is 2.23. The topological polar surface area (TPSA) is 70.4 Å². The normalized spacial score (nSPS) is 26.2. The molecule has 1 amide bonds. The maximum absolute atomic E-state index is 13.2. The van der Waals surface area contributed by atoms with Gasteiger partial charge < -0.3 is 9.42 Å². The molecule has 0 saturated carbocycles. The number of carbonyl (C=O) groups excluding carboxylic acids is 1. The molecular formula is C19H23FN4O2. The van der Waals surface area contributed by atoms with Crippen LogP contribution in [0.2, 0.25) is 0 Å². The third kappa shape index (κ3) is 3.37. The number of nitrogens with zero attached hydrogens (tertiary/aromatic N) is 2. The van der Waals surface area contributed by atoms with Crippen molar-refractivity contribution in [1.29, 1.82) is 0 Å². The van der Waals surface area contributed by atoms with Crippen molar-refractivity contribution >= 4 is 5.91 Å². The third-order valence-corrected chi connectivity index (χ3v) is 5.42. The Morgan fingerprint density at radius 2 is 2.15 bits per heavy atom. The average Bonchev–Trinajstić information content (AvgIpc) is 3.31. The summed E-state index contributed by atoms with van der Waals surface area (Å²) in [6.07, 6.45) is 2.01. The van der Waals surface area contributed by atoms with Gasteiger partial charge in [-0.3, -0.25) is 15.6 Å². The summed E-state index contributed by atoms with van der Waals surface area (Å²) in [4.78, 5) is 14.6. The van der Waals surface area contributed by atoms with Crippen molar-refractivity contribution in [3.05, 3.63) is 53.2 Å². The molecule has 0 spiro atoms. The number of aryl methyl sites for hydroxylation is 1. The predicted molar refractivity (Wildman–Crippen MR) is 93.9 cm³/mol. The Bertz CT molecular complexity index is 776. The van der Waals surface area contributed by atoms with Gasteiger partial charge in [0.2, 0.25) is 0 Å². The van der Waals surface area contributed by atoms with Crippen LogP contribution < -0.4 is 10.9 Å². The van der Waals surface area contributed by atoms with E-state index in [1.807, 2.05) is 17.0 Å². The molecule has 0 bridgehead atoms. The van der Waals surface area contributed by atoms with Crippen LogP contribution >= 0.6 is 0 Å². The second-order valence-corrected chi connectivity index (χ2v) is 7.19. The van der Waals surface area contributed by atoms with Gasteiger partial charge in [-0.1, -0.05) is 17.3 Å². The molecule has 2 aliphatic heterocycles. The zero-order valence-corrected chi connectivity index (χ0v) is 14.7. The minimum atomic E-state index is -0.221. The lowest BCUT2D eigenvalue weighted by molar-refractivity contribution is 0.0634. The van der Waals surface area contributed by atoms with E-state index in [2.05, 4.69) is 16.0 Å². The maximum Gasteiger partial charge on any atom is 0.276 e. The highest BCUT2D eigenvalue weighted by Crippen LogP contribution is 2.32. The van der Waals surface area contributed by atoms with Gasteiger partial charge in [-0.15, -0.1) is 0 Å². The van der Waals surface area contributed by atoms with Gasteiger partial charge in [0, 0.05) is 37.7 Å². The van der Waals surface area contributed by atoms with Gasteiger partial charge in [0.25, 0.3) is 5.91 Å². The van der Waals surface area contributed by atoms with E-state index in [1.54, 1.807) is 13.0 Å². The van der Waals surface area contributed by atoms with E-state index >= 15 is 0 Å². The lowest BCUT2D eigenvalue weighted by Gasteiger charge is -2.37. The minimum absolute atomic E-state index is 0.0733. The quantitative estimate of drug-likeness (QED) is 0.881. The first-order valence-electron chi connectivity index (χ1n) is 9.08. The van der Waals surface area contributed by atoms with E-state index in [0.717, 1.165) is 31.5 Å². The largest absolute Gasteiger partial charge is 0.361 e. The molecule has 3 heterocycles. The van der Waals surface area contributed by atoms with Gasteiger partial charge in [0.05, 0.1) is 0 Å². The SMILES string of the molecule is Cc1cc(C(=O)N2CCCC(C3NNCC3c3ccc(F)cc3)C2)no1. The third-order valence-electron chi connectivity index (χ3n) is 5.42. The van der Waals surface area contributed by atoms with Crippen molar-refractivity contribution in [3.63, 3.8) is 0 Å². The fourth-order valence-electron chi connectivity index (χ4n) is 4.11. The second kappa shape index (κ2) is 7.17. The summed E-state index contributed by atoms with van der Waals surface area (Å²) in [6, 6.07) is 8.61. The maximum atomic E-state index is 13.2. The Hall–Kier alpha value is -2.25. The number of aromatic nitrogens is 1. The Labute approximate surface area is 151 Å². The van der Waals surface area contributed by atoms with Crippen LogP contribution in [0, 0.1) is 18.7 Å². The van der Waals surface area contributed by atoms with Crippen LogP contribution in [0.5, 0.6) is 0 Å². The zero-order chi connectivity index (χ0) is 18.1. The summed E-state index contributed by atoms with van der Waals surface area (Å²) >= 11 is 0. The number of piperidine rings is 1. The van der Waals surface area contributed by atoms with Crippen molar-refractivity contribution in [3.8, 4) is 0 Å². The molecule has 2 N–H and O–H groups in total. The first-order chi connectivity index (χ1) is 12.6. The molecule has 26 heavy (non-hydrogen) atoms. The molecule has 3 atom stereocenters. The highest BCUT2D eigenvalue weighted by Gasteiger charge is 2.38. The van der Waals surface area contributed by atoms with Crippen molar-refractivity contribution < 1.29 is 13.7 Å². The standard InChI is InChI=1S/C19H23FN4O2/c1-12-9-17(23-26-12)19(25)24-8-2-3-14(11-24)18-16(10-21-22-18)13-4-6-15(20)7-5-13/h4-7,9,14,16,18,21-22H,2-3,8,10-11H2,1H3. The number of rotatable bonds is 3. The molecule has 2 aromatic rings. The van der Waals surface area contributed by atoms with Crippen LogP contribution in [0.4, 0.5) is 4.39 Å². The average molecular weight is 358 g/mol. The highest BCUT2D eigenvalue weighted by atomic mass is 19.1.